The molecule has 2 aromatic carbocycles. The van der Waals surface area contributed by atoms with Crippen LogP contribution < -0.4 is 14.8 Å². The first-order chi connectivity index (χ1) is 13.7. The van der Waals surface area contributed by atoms with Gasteiger partial charge in [0.25, 0.3) is 5.91 Å². The van der Waals surface area contributed by atoms with Gasteiger partial charge in [-0.2, -0.15) is 0 Å². The van der Waals surface area contributed by atoms with Crippen LogP contribution in [0.1, 0.15) is 15.4 Å². The van der Waals surface area contributed by atoms with Gasteiger partial charge in [0.15, 0.2) is 21.3 Å². The van der Waals surface area contributed by atoms with Crippen molar-refractivity contribution in [3.8, 4) is 22.1 Å². The van der Waals surface area contributed by atoms with E-state index < -0.39 is 9.84 Å². The molecule has 3 aromatic rings. The molecule has 0 fully saturated rings. The van der Waals surface area contributed by atoms with Crippen molar-refractivity contribution in [2.24, 2.45) is 0 Å². The second kappa shape index (κ2) is 8.22. The molecule has 0 saturated carbocycles. The molecular weight excluding hydrogens is 412 g/mol. The van der Waals surface area contributed by atoms with Gasteiger partial charge in [-0.25, -0.2) is 13.4 Å². The Balaban J connectivity index is 1.84. The summed E-state index contributed by atoms with van der Waals surface area (Å²) < 4.78 is 33.7. The van der Waals surface area contributed by atoms with Crippen molar-refractivity contribution < 1.29 is 22.7 Å². The van der Waals surface area contributed by atoms with E-state index in [2.05, 4.69) is 10.3 Å². The largest absolute Gasteiger partial charge is 0.493 e. The molecule has 7 nitrogen and oxygen atoms in total. The molecule has 9 heteroatoms. The summed E-state index contributed by atoms with van der Waals surface area (Å²) in [4.78, 5) is 17.9. The number of amides is 1. The molecule has 0 aliphatic rings. The van der Waals surface area contributed by atoms with Crippen LogP contribution in [0.15, 0.2) is 47.4 Å². The minimum Gasteiger partial charge on any atom is -0.493 e. The first-order valence-electron chi connectivity index (χ1n) is 8.54. The lowest BCUT2D eigenvalue weighted by Crippen LogP contribution is -2.11. The van der Waals surface area contributed by atoms with Crippen LogP contribution in [0.4, 0.5) is 5.69 Å². The average molecular weight is 433 g/mol. The van der Waals surface area contributed by atoms with Gasteiger partial charge in [0, 0.05) is 17.5 Å². The topological polar surface area (TPSA) is 94.6 Å². The van der Waals surface area contributed by atoms with Crippen molar-refractivity contribution in [3.05, 3.63) is 53.0 Å². The van der Waals surface area contributed by atoms with Gasteiger partial charge >= 0.3 is 0 Å². The highest BCUT2D eigenvalue weighted by Gasteiger charge is 2.18. The highest BCUT2D eigenvalue weighted by Crippen LogP contribution is 2.35. The number of hydrogen-bond donors (Lipinski definition) is 1. The Morgan fingerprint density at radius 3 is 2.28 bits per heavy atom. The molecule has 0 radical (unpaired) electrons. The lowest BCUT2D eigenvalue weighted by Gasteiger charge is -2.08. The van der Waals surface area contributed by atoms with Gasteiger partial charge in [0.2, 0.25) is 0 Å². The number of nitrogens with one attached hydrogen (secondary N) is 1. The van der Waals surface area contributed by atoms with E-state index in [-0.39, 0.29) is 10.8 Å². The number of nitrogens with zero attached hydrogens (tertiary/aromatic N) is 1. The van der Waals surface area contributed by atoms with Crippen LogP contribution in [0, 0.1) is 6.92 Å². The number of aryl methyl sites for hydroxylation is 1. The number of carbonyl (C=O) groups excluding carboxylic acids is 1. The smallest absolute Gasteiger partial charge is 0.267 e. The average Bonchev–Trinajstić information content (AvgIpc) is 3.09. The van der Waals surface area contributed by atoms with Crippen LogP contribution >= 0.6 is 11.3 Å². The third-order valence-electron chi connectivity index (χ3n) is 4.17. The molecule has 29 heavy (non-hydrogen) atoms. The fourth-order valence-electron chi connectivity index (χ4n) is 2.67. The van der Waals surface area contributed by atoms with Crippen molar-refractivity contribution >= 4 is 32.8 Å². The van der Waals surface area contributed by atoms with Crippen LogP contribution in [-0.2, 0) is 9.84 Å². The van der Waals surface area contributed by atoms with Crippen molar-refractivity contribution in [1.29, 1.82) is 0 Å². The quantitative estimate of drug-likeness (QED) is 0.637. The van der Waals surface area contributed by atoms with Crippen LogP contribution in [0.25, 0.3) is 10.6 Å². The Morgan fingerprint density at radius 2 is 1.69 bits per heavy atom. The standard InChI is InChI=1S/C20H20N2O5S2/c1-12-18(19(23)22-14-6-8-15(9-7-14)29(4,24)25)28-20(21-12)13-5-10-16(26-2)17(11-13)27-3/h5-11H,1-4H3,(H,22,23). The number of aromatic nitrogens is 1. The second-order valence-corrected chi connectivity index (χ2v) is 9.27. The van der Waals surface area contributed by atoms with Crippen LogP contribution in [-0.4, -0.2) is 39.8 Å². The van der Waals surface area contributed by atoms with Crippen molar-refractivity contribution in [3.63, 3.8) is 0 Å². The zero-order chi connectivity index (χ0) is 21.2. The van der Waals surface area contributed by atoms with Gasteiger partial charge in [-0.1, -0.05) is 0 Å². The number of rotatable bonds is 6. The first kappa shape index (κ1) is 20.8. The first-order valence-corrected chi connectivity index (χ1v) is 11.2. The van der Waals surface area contributed by atoms with Gasteiger partial charge in [-0.05, 0) is 49.4 Å². The lowest BCUT2D eigenvalue weighted by atomic mass is 10.2. The number of thiazole rings is 1. The van der Waals surface area contributed by atoms with E-state index >= 15 is 0 Å². The zero-order valence-electron chi connectivity index (χ0n) is 16.3. The maximum absolute atomic E-state index is 12.7. The zero-order valence-corrected chi connectivity index (χ0v) is 18.0. The summed E-state index contributed by atoms with van der Waals surface area (Å²) in [6, 6.07) is 11.5. The summed E-state index contributed by atoms with van der Waals surface area (Å²) in [5, 5.41) is 3.46. The summed E-state index contributed by atoms with van der Waals surface area (Å²) in [6.07, 6.45) is 1.14. The SMILES string of the molecule is COc1ccc(-c2nc(C)c(C(=O)Nc3ccc(S(C)(=O)=O)cc3)s2)cc1OC. The number of ether oxygens (including phenoxy) is 2. The van der Waals surface area contributed by atoms with Crippen LogP contribution in [0.2, 0.25) is 0 Å². The minimum atomic E-state index is -3.28. The predicted molar refractivity (Wildman–Crippen MR) is 113 cm³/mol. The lowest BCUT2D eigenvalue weighted by molar-refractivity contribution is 0.103. The Hall–Kier alpha value is -2.91. The Morgan fingerprint density at radius 1 is 1.03 bits per heavy atom. The number of benzene rings is 2. The van der Waals surface area contributed by atoms with E-state index in [0.29, 0.717) is 32.8 Å². The molecule has 3 rings (SSSR count). The fourth-order valence-corrected chi connectivity index (χ4v) is 4.26. The van der Waals surface area contributed by atoms with Crippen LogP contribution in [0.5, 0.6) is 11.5 Å². The molecule has 1 amide bonds. The Kier molecular flexibility index (Phi) is 5.90. The third kappa shape index (κ3) is 4.57. The van der Waals surface area contributed by atoms with E-state index in [9.17, 15) is 13.2 Å². The number of carbonyl (C=O) groups is 1. The molecule has 0 atom stereocenters. The molecule has 0 bridgehead atoms. The highest BCUT2D eigenvalue weighted by atomic mass is 32.2. The van der Waals surface area contributed by atoms with Crippen molar-refractivity contribution in [2.45, 2.75) is 11.8 Å². The Labute approximate surface area is 173 Å². The van der Waals surface area contributed by atoms with Crippen molar-refractivity contribution in [2.75, 3.05) is 25.8 Å². The molecular formula is C20H20N2O5S2. The monoisotopic (exact) mass is 432 g/mol. The van der Waals surface area contributed by atoms with E-state index in [1.807, 2.05) is 12.1 Å². The fraction of sp³-hybridized carbons (Fsp3) is 0.200. The van der Waals surface area contributed by atoms with Gasteiger partial charge in [-0.15, -0.1) is 11.3 Å². The summed E-state index contributed by atoms with van der Waals surface area (Å²) in [5.41, 5.74) is 1.92. The molecule has 1 heterocycles. The second-order valence-electron chi connectivity index (χ2n) is 6.25. The van der Waals surface area contributed by atoms with E-state index in [4.69, 9.17) is 9.47 Å². The van der Waals surface area contributed by atoms with E-state index in [0.717, 1.165) is 11.8 Å². The Bertz CT molecular complexity index is 1150. The molecule has 1 aromatic heterocycles. The number of sulfone groups is 1. The number of hydrogen-bond acceptors (Lipinski definition) is 7. The van der Waals surface area contributed by atoms with Crippen molar-refractivity contribution in [1.82, 2.24) is 4.98 Å². The maximum atomic E-state index is 12.7. The molecule has 0 spiro atoms. The minimum absolute atomic E-state index is 0.195. The summed E-state index contributed by atoms with van der Waals surface area (Å²) in [7, 11) is -0.161. The molecule has 152 valence electrons. The van der Waals surface area contributed by atoms with Gasteiger partial charge in [0.05, 0.1) is 24.8 Å². The van der Waals surface area contributed by atoms with E-state index in [1.165, 1.54) is 23.5 Å². The van der Waals surface area contributed by atoms with Gasteiger partial charge in [-0.3, -0.25) is 4.79 Å². The molecule has 0 aliphatic heterocycles. The molecule has 0 unspecified atom stereocenters. The number of methoxy groups -OCH3 is 2. The number of anilines is 1. The van der Waals surface area contributed by atoms with Gasteiger partial charge < -0.3 is 14.8 Å². The molecule has 0 aliphatic carbocycles. The molecule has 0 saturated heterocycles. The predicted octanol–water partition coefficient (Wildman–Crippen LogP) is 3.79. The van der Waals surface area contributed by atoms with Crippen LogP contribution in [0.3, 0.4) is 0 Å². The highest BCUT2D eigenvalue weighted by molar-refractivity contribution is 7.90. The van der Waals surface area contributed by atoms with E-state index in [1.54, 1.807) is 39.3 Å². The summed E-state index contributed by atoms with van der Waals surface area (Å²) >= 11 is 1.26. The third-order valence-corrected chi connectivity index (χ3v) is 6.51. The molecule has 1 N–H and O–H groups in total. The van der Waals surface area contributed by atoms with Gasteiger partial charge in [0.1, 0.15) is 9.88 Å². The normalized spacial score (nSPS) is 11.2. The summed E-state index contributed by atoms with van der Waals surface area (Å²) in [5.74, 6) is 0.883. The maximum Gasteiger partial charge on any atom is 0.267 e. The summed E-state index contributed by atoms with van der Waals surface area (Å²) in [6.45, 7) is 1.77.